The van der Waals surface area contributed by atoms with Crippen LogP contribution in [-0.4, -0.2) is 86.1 Å². The second-order valence-electron chi connectivity index (χ2n) is 3.93. The van der Waals surface area contributed by atoms with E-state index in [-0.39, 0.29) is 13.2 Å². The minimum Gasteiger partial charge on any atom is -0.397 e. The van der Waals surface area contributed by atoms with Gasteiger partial charge in [0.25, 0.3) is 0 Å². The molecule has 1 aliphatic heterocycles. The van der Waals surface area contributed by atoms with Gasteiger partial charge in [0.15, 0.2) is 0 Å². The van der Waals surface area contributed by atoms with Crippen molar-refractivity contribution in [3.8, 4) is 0 Å². The molecule has 1 aliphatic rings. The largest absolute Gasteiger partial charge is 0.397 e. The van der Waals surface area contributed by atoms with Gasteiger partial charge in [0.05, 0.1) is 6.61 Å². The van der Waals surface area contributed by atoms with Gasteiger partial charge in [-0.25, -0.2) is 0 Å². The van der Waals surface area contributed by atoms with Gasteiger partial charge >= 0.3 is 0 Å². The van der Waals surface area contributed by atoms with Crippen LogP contribution in [0.4, 0.5) is 0 Å². The summed E-state index contributed by atoms with van der Waals surface area (Å²) >= 11 is 0. The first-order valence-electron chi connectivity index (χ1n) is 6.08. The Labute approximate surface area is 99.0 Å². The smallest absolute Gasteiger partial charge is 0.0558 e. The fourth-order valence-corrected chi connectivity index (χ4v) is 1.53. The number of nitrogens with one attached hydrogen (secondary N) is 1. The third kappa shape index (κ3) is 9.06. The lowest BCUT2D eigenvalue weighted by Crippen LogP contribution is -2.46. The molecule has 0 saturated carbocycles. The van der Waals surface area contributed by atoms with E-state index in [1.54, 1.807) is 6.92 Å². The number of nitrogens with zero attached hydrogens (tertiary/aromatic N) is 2. The first-order valence-corrected chi connectivity index (χ1v) is 6.08. The van der Waals surface area contributed by atoms with Gasteiger partial charge in [-0.15, -0.1) is 0 Å². The summed E-state index contributed by atoms with van der Waals surface area (Å²) in [6.45, 7) is 9.70. The summed E-state index contributed by atoms with van der Waals surface area (Å²) in [7, 11) is 2.05. The van der Waals surface area contributed by atoms with E-state index in [4.69, 9.17) is 10.2 Å². The van der Waals surface area contributed by atoms with Gasteiger partial charge in [-0.2, -0.15) is 0 Å². The van der Waals surface area contributed by atoms with Crippen LogP contribution < -0.4 is 5.32 Å². The van der Waals surface area contributed by atoms with E-state index in [0.717, 1.165) is 45.8 Å². The van der Waals surface area contributed by atoms with Gasteiger partial charge in [0.1, 0.15) is 0 Å². The lowest BCUT2D eigenvalue weighted by atomic mass is 10.3. The molecule has 5 heteroatoms. The van der Waals surface area contributed by atoms with Gasteiger partial charge < -0.3 is 20.4 Å². The summed E-state index contributed by atoms with van der Waals surface area (Å²) in [4.78, 5) is 4.63. The third-order valence-electron chi connectivity index (χ3n) is 2.49. The molecule has 5 nitrogen and oxygen atoms in total. The summed E-state index contributed by atoms with van der Waals surface area (Å²) in [6, 6.07) is 0. The second kappa shape index (κ2) is 11.3. The van der Waals surface area contributed by atoms with Crippen molar-refractivity contribution >= 4 is 0 Å². The fourth-order valence-electron chi connectivity index (χ4n) is 1.53. The Balaban J connectivity index is 0.000000673. The topological polar surface area (TPSA) is 59.0 Å². The Morgan fingerprint density at radius 3 is 2.25 bits per heavy atom. The monoisotopic (exact) mass is 233 g/mol. The highest BCUT2D eigenvalue weighted by molar-refractivity contribution is 4.68. The van der Waals surface area contributed by atoms with Crippen LogP contribution in [0, 0.1) is 0 Å². The van der Waals surface area contributed by atoms with Crippen LogP contribution in [0.1, 0.15) is 6.92 Å². The molecule has 0 atom stereocenters. The Kier molecular flexibility index (Phi) is 11.1. The van der Waals surface area contributed by atoms with Crippen LogP contribution in [0.5, 0.6) is 0 Å². The minimum atomic E-state index is 0.250. The molecule has 0 bridgehead atoms. The SMILES string of the molecule is CCO.CN(CCO)CCN1CCNCC1. The summed E-state index contributed by atoms with van der Waals surface area (Å²) in [5.41, 5.74) is 0. The Morgan fingerprint density at radius 2 is 1.75 bits per heavy atom. The van der Waals surface area contributed by atoms with Crippen molar-refractivity contribution in [1.29, 1.82) is 0 Å². The average molecular weight is 233 g/mol. The maximum absolute atomic E-state index is 8.71. The predicted octanol–water partition coefficient (Wildman–Crippen LogP) is -1.19. The molecule has 1 heterocycles. The maximum atomic E-state index is 8.71. The average Bonchev–Trinajstić information content (AvgIpc) is 2.29. The van der Waals surface area contributed by atoms with Gasteiger partial charge in [-0.05, 0) is 14.0 Å². The standard InChI is InChI=1S/C9H21N3O.C2H6O/c1-11(8-9-13)6-7-12-4-2-10-3-5-12;1-2-3/h10,13H,2-9H2,1H3;3H,2H2,1H3. The molecule has 1 fully saturated rings. The first-order chi connectivity index (χ1) is 7.74. The van der Waals surface area contributed by atoms with Gasteiger partial charge in [0, 0.05) is 52.4 Å². The molecule has 0 aliphatic carbocycles. The Morgan fingerprint density at radius 1 is 1.19 bits per heavy atom. The Hall–Kier alpha value is -0.200. The molecule has 0 aromatic rings. The molecular formula is C11H27N3O2. The number of hydrogen-bond acceptors (Lipinski definition) is 5. The van der Waals surface area contributed by atoms with Crippen molar-refractivity contribution in [2.45, 2.75) is 6.92 Å². The normalized spacial score (nSPS) is 17.1. The van der Waals surface area contributed by atoms with Crippen molar-refractivity contribution in [3.05, 3.63) is 0 Å². The van der Waals surface area contributed by atoms with Crippen LogP contribution >= 0.6 is 0 Å². The number of piperazine rings is 1. The van der Waals surface area contributed by atoms with E-state index in [2.05, 4.69) is 22.2 Å². The summed E-state index contributed by atoms with van der Waals surface area (Å²) in [5, 5.41) is 19.6. The summed E-state index contributed by atoms with van der Waals surface area (Å²) in [5.74, 6) is 0. The molecule has 16 heavy (non-hydrogen) atoms. The zero-order chi connectivity index (χ0) is 12.2. The molecule has 98 valence electrons. The quantitative estimate of drug-likeness (QED) is 0.558. The van der Waals surface area contributed by atoms with E-state index >= 15 is 0 Å². The third-order valence-corrected chi connectivity index (χ3v) is 2.49. The number of hydrogen-bond donors (Lipinski definition) is 3. The number of rotatable bonds is 5. The molecule has 0 unspecified atom stereocenters. The highest BCUT2D eigenvalue weighted by atomic mass is 16.3. The van der Waals surface area contributed by atoms with E-state index in [0.29, 0.717) is 0 Å². The van der Waals surface area contributed by atoms with E-state index in [1.165, 1.54) is 0 Å². The van der Waals surface area contributed by atoms with Crippen LogP contribution in [-0.2, 0) is 0 Å². The molecule has 1 rings (SSSR count). The highest BCUT2D eigenvalue weighted by Gasteiger charge is 2.09. The lowest BCUT2D eigenvalue weighted by Gasteiger charge is -2.28. The fraction of sp³-hybridized carbons (Fsp3) is 1.00. The van der Waals surface area contributed by atoms with Crippen LogP contribution in [0.2, 0.25) is 0 Å². The molecular weight excluding hydrogens is 206 g/mol. The van der Waals surface area contributed by atoms with Crippen molar-refractivity contribution < 1.29 is 10.2 Å². The molecule has 3 N–H and O–H groups in total. The van der Waals surface area contributed by atoms with Crippen molar-refractivity contribution in [1.82, 2.24) is 15.1 Å². The number of aliphatic hydroxyl groups is 2. The van der Waals surface area contributed by atoms with Gasteiger partial charge in [-0.1, -0.05) is 0 Å². The highest BCUT2D eigenvalue weighted by Crippen LogP contribution is 1.92. The van der Waals surface area contributed by atoms with E-state index in [9.17, 15) is 0 Å². The molecule has 0 spiro atoms. The van der Waals surface area contributed by atoms with Crippen molar-refractivity contribution in [2.24, 2.45) is 0 Å². The van der Waals surface area contributed by atoms with Gasteiger partial charge in [0.2, 0.25) is 0 Å². The zero-order valence-electron chi connectivity index (χ0n) is 10.7. The van der Waals surface area contributed by atoms with Crippen LogP contribution in [0.25, 0.3) is 0 Å². The van der Waals surface area contributed by atoms with Crippen LogP contribution in [0.15, 0.2) is 0 Å². The number of likely N-dealkylation sites (N-methyl/N-ethyl adjacent to an activating group) is 1. The zero-order valence-corrected chi connectivity index (χ0v) is 10.7. The summed E-state index contributed by atoms with van der Waals surface area (Å²) < 4.78 is 0. The van der Waals surface area contributed by atoms with E-state index in [1.807, 2.05) is 0 Å². The summed E-state index contributed by atoms with van der Waals surface area (Å²) in [6.07, 6.45) is 0. The van der Waals surface area contributed by atoms with Crippen molar-refractivity contribution in [3.63, 3.8) is 0 Å². The molecule has 0 amide bonds. The van der Waals surface area contributed by atoms with Crippen molar-refractivity contribution in [2.75, 3.05) is 66.1 Å². The molecule has 0 aromatic carbocycles. The maximum Gasteiger partial charge on any atom is 0.0558 e. The molecule has 0 aromatic heterocycles. The molecule has 0 radical (unpaired) electrons. The second-order valence-corrected chi connectivity index (χ2v) is 3.93. The minimum absolute atomic E-state index is 0.250. The Bertz CT molecular complexity index is 141. The van der Waals surface area contributed by atoms with Crippen LogP contribution in [0.3, 0.4) is 0 Å². The van der Waals surface area contributed by atoms with Gasteiger partial charge in [-0.3, -0.25) is 4.90 Å². The van der Waals surface area contributed by atoms with E-state index < -0.39 is 0 Å². The molecule has 1 saturated heterocycles. The first kappa shape index (κ1) is 15.8. The predicted molar refractivity (Wildman–Crippen MR) is 66.7 cm³/mol. The lowest BCUT2D eigenvalue weighted by molar-refractivity contribution is 0.180. The number of aliphatic hydroxyl groups excluding tert-OH is 2.